The van der Waals surface area contributed by atoms with Crippen LogP contribution in [-0.4, -0.2) is 41.4 Å². The number of aromatic nitrogens is 7. The first kappa shape index (κ1) is 13.7. The second kappa shape index (κ2) is 6.04. The van der Waals surface area contributed by atoms with Crippen LogP contribution in [0.15, 0.2) is 35.7 Å². The van der Waals surface area contributed by atoms with E-state index in [9.17, 15) is 0 Å². The molecule has 3 aromatic rings. The number of rotatable bonds is 4. The molecule has 0 spiro atoms. The largest absolute Gasteiger partial charge is 0.289 e. The Morgan fingerprint density at radius 1 is 1.18 bits per heavy atom. The Balaban J connectivity index is 1.69. The van der Waals surface area contributed by atoms with Crippen molar-refractivity contribution in [3.8, 4) is 5.95 Å². The summed E-state index contributed by atoms with van der Waals surface area (Å²) in [6.45, 7) is 3.81. The first-order valence-electron chi connectivity index (χ1n) is 6.52. The average Bonchev–Trinajstić information content (AvgIpc) is 2.88. The summed E-state index contributed by atoms with van der Waals surface area (Å²) in [5, 5.41) is 24.0. The quantitative estimate of drug-likeness (QED) is 0.563. The fourth-order valence-electron chi connectivity index (χ4n) is 1.80. The van der Waals surface area contributed by atoms with Gasteiger partial charge in [-0.05, 0) is 26.0 Å². The number of anilines is 1. The highest BCUT2D eigenvalue weighted by molar-refractivity contribution is 5.79. The van der Waals surface area contributed by atoms with Gasteiger partial charge in [-0.2, -0.15) is 10.2 Å². The lowest BCUT2D eigenvalue weighted by atomic mass is 10.3. The van der Waals surface area contributed by atoms with E-state index < -0.39 is 0 Å². The van der Waals surface area contributed by atoms with Crippen molar-refractivity contribution in [3.05, 3.63) is 47.5 Å². The van der Waals surface area contributed by atoms with Crippen LogP contribution in [0.25, 0.3) is 5.95 Å². The minimum atomic E-state index is 0.199. The Hall–Kier alpha value is -3.23. The van der Waals surface area contributed by atoms with E-state index in [1.165, 1.54) is 0 Å². The third-order valence-electron chi connectivity index (χ3n) is 2.73. The van der Waals surface area contributed by atoms with Crippen LogP contribution in [0.1, 0.15) is 17.0 Å². The van der Waals surface area contributed by atoms with Crippen molar-refractivity contribution >= 4 is 12.2 Å². The fraction of sp³-hybridized carbons (Fsp3) is 0.154. The lowest BCUT2D eigenvalue weighted by Gasteiger charge is -2.01. The number of pyridine rings is 1. The number of aryl methyl sites for hydroxylation is 2. The third-order valence-corrected chi connectivity index (χ3v) is 2.73. The van der Waals surface area contributed by atoms with E-state index in [0.717, 1.165) is 17.0 Å². The summed E-state index contributed by atoms with van der Waals surface area (Å²) >= 11 is 0. The second-order valence-electron chi connectivity index (χ2n) is 4.52. The Morgan fingerprint density at radius 3 is 2.64 bits per heavy atom. The molecule has 3 heterocycles. The monoisotopic (exact) mass is 295 g/mol. The molecule has 3 aromatic heterocycles. The number of hydrogen-bond acceptors (Lipinski definition) is 8. The summed E-state index contributed by atoms with van der Waals surface area (Å²) in [4.78, 5) is 3.98. The van der Waals surface area contributed by atoms with E-state index in [1.807, 2.05) is 32.0 Å². The van der Waals surface area contributed by atoms with Gasteiger partial charge in [0.25, 0.3) is 11.9 Å². The zero-order valence-electron chi connectivity index (χ0n) is 12.0. The normalized spacial score (nSPS) is 11.0. The summed E-state index contributed by atoms with van der Waals surface area (Å²) in [7, 11) is 0. The van der Waals surface area contributed by atoms with Crippen molar-refractivity contribution in [1.29, 1.82) is 0 Å². The molecule has 110 valence electrons. The summed E-state index contributed by atoms with van der Waals surface area (Å²) in [6, 6.07) is 5.62. The molecule has 0 saturated carbocycles. The Labute approximate surface area is 126 Å². The predicted molar refractivity (Wildman–Crippen MR) is 79.7 cm³/mol. The molecule has 1 N–H and O–H groups in total. The maximum absolute atomic E-state index is 4.27. The van der Waals surface area contributed by atoms with Crippen LogP contribution >= 0.6 is 0 Å². The van der Waals surface area contributed by atoms with Crippen LogP contribution in [0.4, 0.5) is 5.95 Å². The lowest BCUT2D eigenvalue weighted by molar-refractivity contribution is 0.711. The highest BCUT2D eigenvalue weighted by Crippen LogP contribution is 2.06. The standard InChI is InChI=1S/C13H13N9/c1-9-6-10(2)22(21-9)13-19-17-12(18-20-13)16-15-8-11-4-3-5-14-7-11/h3-8H,1-2H3,(H,16,17,18)/b15-8-. The van der Waals surface area contributed by atoms with E-state index in [4.69, 9.17) is 0 Å². The molecule has 0 amide bonds. The van der Waals surface area contributed by atoms with Crippen LogP contribution in [0, 0.1) is 13.8 Å². The van der Waals surface area contributed by atoms with E-state index >= 15 is 0 Å². The van der Waals surface area contributed by atoms with Gasteiger partial charge in [-0.3, -0.25) is 4.98 Å². The Bertz CT molecular complexity index is 777. The van der Waals surface area contributed by atoms with Crippen LogP contribution in [-0.2, 0) is 0 Å². The highest BCUT2D eigenvalue weighted by Gasteiger charge is 2.07. The molecule has 9 nitrogen and oxygen atoms in total. The Morgan fingerprint density at radius 2 is 2.00 bits per heavy atom. The van der Waals surface area contributed by atoms with Gasteiger partial charge in [-0.15, -0.1) is 20.4 Å². The molecule has 0 saturated heterocycles. The third kappa shape index (κ3) is 3.08. The van der Waals surface area contributed by atoms with Crippen molar-refractivity contribution < 1.29 is 0 Å². The van der Waals surface area contributed by atoms with Crippen molar-refractivity contribution in [2.24, 2.45) is 5.10 Å². The van der Waals surface area contributed by atoms with Crippen molar-refractivity contribution in [2.75, 3.05) is 5.43 Å². The Kier molecular flexibility index (Phi) is 3.77. The fourth-order valence-corrected chi connectivity index (χ4v) is 1.80. The maximum atomic E-state index is 4.27. The summed E-state index contributed by atoms with van der Waals surface area (Å²) in [5.41, 5.74) is 5.31. The van der Waals surface area contributed by atoms with Crippen LogP contribution in [0.3, 0.4) is 0 Å². The van der Waals surface area contributed by atoms with Gasteiger partial charge >= 0.3 is 0 Å². The molecule has 0 aliphatic heterocycles. The molecule has 0 fully saturated rings. The molecule has 0 aromatic carbocycles. The minimum Gasteiger partial charge on any atom is -0.264 e. The predicted octanol–water partition coefficient (Wildman–Crippen LogP) is 0.910. The smallest absolute Gasteiger partial charge is 0.264 e. The number of nitrogens with zero attached hydrogens (tertiary/aromatic N) is 8. The summed E-state index contributed by atoms with van der Waals surface area (Å²) in [6.07, 6.45) is 4.99. The first-order valence-corrected chi connectivity index (χ1v) is 6.52. The number of nitrogens with one attached hydrogen (secondary N) is 1. The van der Waals surface area contributed by atoms with E-state index in [1.54, 1.807) is 23.3 Å². The molecule has 0 bridgehead atoms. The molecule has 9 heteroatoms. The van der Waals surface area contributed by atoms with Gasteiger partial charge < -0.3 is 0 Å². The van der Waals surface area contributed by atoms with E-state index in [0.29, 0.717) is 5.95 Å². The topological polar surface area (TPSA) is 107 Å². The zero-order valence-corrected chi connectivity index (χ0v) is 12.0. The van der Waals surface area contributed by atoms with Gasteiger partial charge in [0.05, 0.1) is 11.9 Å². The second-order valence-corrected chi connectivity index (χ2v) is 4.52. The van der Waals surface area contributed by atoms with Gasteiger partial charge in [0.2, 0.25) is 0 Å². The molecular weight excluding hydrogens is 282 g/mol. The van der Waals surface area contributed by atoms with Gasteiger partial charge in [0.15, 0.2) is 0 Å². The van der Waals surface area contributed by atoms with Crippen molar-refractivity contribution in [2.45, 2.75) is 13.8 Å². The number of hydrazone groups is 1. The van der Waals surface area contributed by atoms with Gasteiger partial charge in [-0.25, -0.2) is 10.1 Å². The first-order chi connectivity index (χ1) is 10.7. The van der Waals surface area contributed by atoms with Crippen LogP contribution < -0.4 is 5.43 Å². The van der Waals surface area contributed by atoms with Crippen LogP contribution in [0.2, 0.25) is 0 Å². The molecule has 22 heavy (non-hydrogen) atoms. The maximum Gasteiger partial charge on any atom is 0.289 e. The minimum absolute atomic E-state index is 0.199. The molecule has 0 radical (unpaired) electrons. The molecule has 0 aliphatic carbocycles. The summed E-state index contributed by atoms with van der Waals surface area (Å²) < 4.78 is 1.58. The lowest BCUT2D eigenvalue weighted by Crippen LogP contribution is -2.10. The SMILES string of the molecule is Cc1cc(C)n(-c2nnc(N/N=C\c3cccnc3)nn2)n1. The van der Waals surface area contributed by atoms with Crippen molar-refractivity contribution in [1.82, 2.24) is 35.2 Å². The highest BCUT2D eigenvalue weighted by atomic mass is 15.5. The van der Waals surface area contributed by atoms with Crippen molar-refractivity contribution in [3.63, 3.8) is 0 Å². The van der Waals surface area contributed by atoms with Gasteiger partial charge in [-0.1, -0.05) is 6.07 Å². The van der Waals surface area contributed by atoms with E-state index in [-0.39, 0.29) is 5.95 Å². The molecular formula is C13H13N9. The molecule has 3 rings (SSSR count). The summed E-state index contributed by atoms with van der Waals surface area (Å²) in [5.74, 6) is 0.512. The van der Waals surface area contributed by atoms with E-state index in [2.05, 4.69) is 41.0 Å². The number of hydrogen-bond donors (Lipinski definition) is 1. The van der Waals surface area contributed by atoms with Gasteiger partial charge in [0.1, 0.15) is 0 Å². The molecule has 0 unspecified atom stereocenters. The van der Waals surface area contributed by atoms with Gasteiger partial charge in [0, 0.05) is 23.7 Å². The average molecular weight is 295 g/mol. The van der Waals surface area contributed by atoms with Crippen LogP contribution in [0.5, 0.6) is 0 Å². The zero-order chi connectivity index (χ0) is 15.4. The molecule has 0 atom stereocenters. The molecule has 0 aliphatic rings.